The number of methoxy groups -OCH3 is 1. The molecule has 2 N–H and O–H groups in total. The summed E-state index contributed by atoms with van der Waals surface area (Å²) in [5.74, 6) is 0.754. The highest BCUT2D eigenvalue weighted by Gasteiger charge is 2.08. The van der Waals surface area contributed by atoms with Gasteiger partial charge in [-0.1, -0.05) is 24.3 Å². The van der Waals surface area contributed by atoms with Crippen LogP contribution in [0.25, 0.3) is 0 Å². The summed E-state index contributed by atoms with van der Waals surface area (Å²) >= 11 is 0. The van der Waals surface area contributed by atoms with Gasteiger partial charge in [0.1, 0.15) is 17.4 Å². The Balaban J connectivity index is 1.60. The molecule has 0 aliphatic rings. The molecule has 0 fully saturated rings. The van der Waals surface area contributed by atoms with Gasteiger partial charge in [0.15, 0.2) is 0 Å². The summed E-state index contributed by atoms with van der Waals surface area (Å²) in [6, 6.07) is 17.1. The number of halogens is 1. The summed E-state index contributed by atoms with van der Waals surface area (Å²) in [4.78, 5) is 16.7. The van der Waals surface area contributed by atoms with Crippen LogP contribution in [0.4, 0.5) is 15.9 Å². The molecule has 0 unspecified atom stereocenters. The van der Waals surface area contributed by atoms with Gasteiger partial charge < -0.3 is 15.4 Å². The summed E-state index contributed by atoms with van der Waals surface area (Å²) in [5, 5.41) is 5.95. The fourth-order valence-electron chi connectivity index (χ4n) is 2.60. The molecule has 0 aliphatic carbocycles. The van der Waals surface area contributed by atoms with Crippen molar-refractivity contribution in [2.24, 2.45) is 0 Å². The lowest BCUT2D eigenvalue weighted by molar-refractivity contribution is 0.102. The molecule has 1 heterocycles. The Labute approximate surface area is 157 Å². The quantitative estimate of drug-likeness (QED) is 0.661. The van der Waals surface area contributed by atoms with Crippen molar-refractivity contribution in [1.29, 1.82) is 0 Å². The van der Waals surface area contributed by atoms with Gasteiger partial charge in [-0.3, -0.25) is 4.79 Å². The number of aromatic nitrogens is 1. The van der Waals surface area contributed by atoms with E-state index in [1.54, 1.807) is 67.9 Å². The van der Waals surface area contributed by atoms with Crippen molar-refractivity contribution in [3.63, 3.8) is 0 Å². The van der Waals surface area contributed by atoms with Crippen LogP contribution in [-0.2, 0) is 6.42 Å². The average Bonchev–Trinajstić information content (AvgIpc) is 2.70. The molecule has 1 aromatic heterocycles. The van der Waals surface area contributed by atoms with Gasteiger partial charge in [-0.15, -0.1) is 0 Å². The van der Waals surface area contributed by atoms with Crippen molar-refractivity contribution in [2.45, 2.75) is 6.42 Å². The number of nitrogens with zero attached hydrogens (tertiary/aromatic N) is 1. The Morgan fingerprint density at radius 1 is 1.11 bits per heavy atom. The molecule has 6 heteroatoms. The van der Waals surface area contributed by atoms with E-state index in [9.17, 15) is 9.18 Å². The van der Waals surface area contributed by atoms with Crippen LogP contribution < -0.4 is 15.4 Å². The standard InChI is InChI=1S/C21H20FN3O2/c1-27-18-7-4-6-17(14-18)25-21(26)16-10-12-24-20(13-16)23-11-9-15-5-2-3-8-19(15)22/h2-8,10,12-14H,9,11H2,1H3,(H,23,24)(H,25,26). The van der Waals surface area contributed by atoms with Crippen molar-refractivity contribution in [3.8, 4) is 5.75 Å². The first-order valence-electron chi connectivity index (χ1n) is 8.54. The largest absolute Gasteiger partial charge is 0.497 e. The van der Waals surface area contributed by atoms with E-state index in [4.69, 9.17) is 4.74 Å². The minimum atomic E-state index is -0.247. The van der Waals surface area contributed by atoms with Gasteiger partial charge in [0.05, 0.1) is 7.11 Å². The molecule has 3 rings (SSSR count). The summed E-state index contributed by atoms with van der Waals surface area (Å²) < 4.78 is 18.8. The first kappa shape index (κ1) is 18.4. The van der Waals surface area contributed by atoms with Gasteiger partial charge in [0.2, 0.25) is 0 Å². The second-order valence-corrected chi connectivity index (χ2v) is 5.88. The topological polar surface area (TPSA) is 63.2 Å². The molecule has 2 aromatic carbocycles. The second-order valence-electron chi connectivity index (χ2n) is 5.88. The van der Waals surface area contributed by atoms with E-state index in [1.165, 1.54) is 6.07 Å². The van der Waals surface area contributed by atoms with E-state index < -0.39 is 0 Å². The summed E-state index contributed by atoms with van der Waals surface area (Å²) in [6.45, 7) is 0.509. The van der Waals surface area contributed by atoms with Crippen LogP contribution >= 0.6 is 0 Å². The third kappa shape index (κ3) is 5.04. The van der Waals surface area contributed by atoms with Gasteiger partial charge in [0.25, 0.3) is 5.91 Å². The van der Waals surface area contributed by atoms with Crippen molar-refractivity contribution in [3.05, 3.63) is 83.8 Å². The van der Waals surface area contributed by atoms with Crippen LogP contribution in [-0.4, -0.2) is 24.5 Å². The summed E-state index contributed by atoms with van der Waals surface area (Å²) in [6.07, 6.45) is 2.08. The van der Waals surface area contributed by atoms with E-state index in [0.717, 1.165) is 0 Å². The van der Waals surface area contributed by atoms with Crippen LogP contribution in [0.2, 0.25) is 0 Å². The number of rotatable bonds is 7. The minimum Gasteiger partial charge on any atom is -0.497 e. The Bertz CT molecular complexity index is 931. The number of nitrogens with one attached hydrogen (secondary N) is 2. The molecule has 27 heavy (non-hydrogen) atoms. The molecule has 0 spiro atoms. The number of carbonyl (C=O) groups excluding carboxylic acids is 1. The normalized spacial score (nSPS) is 10.3. The van der Waals surface area contributed by atoms with E-state index in [1.807, 2.05) is 0 Å². The number of ether oxygens (including phenoxy) is 1. The number of benzene rings is 2. The zero-order valence-corrected chi connectivity index (χ0v) is 14.9. The number of hydrogen-bond donors (Lipinski definition) is 2. The molecule has 0 saturated carbocycles. The smallest absolute Gasteiger partial charge is 0.255 e. The molecular weight excluding hydrogens is 345 g/mol. The zero-order chi connectivity index (χ0) is 19.1. The Morgan fingerprint density at radius 3 is 2.78 bits per heavy atom. The maximum absolute atomic E-state index is 13.6. The maximum Gasteiger partial charge on any atom is 0.255 e. The van der Waals surface area contributed by atoms with Gasteiger partial charge in [-0.05, 0) is 42.3 Å². The second kappa shape index (κ2) is 8.80. The number of anilines is 2. The predicted molar refractivity (Wildman–Crippen MR) is 104 cm³/mol. The van der Waals surface area contributed by atoms with Crippen molar-refractivity contribution >= 4 is 17.4 Å². The van der Waals surface area contributed by atoms with E-state index >= 15 is 0 Å². The highest BCUT2D eigenvalue weighted by molar-refractivity contribution is 6.04. The fourth-order valence-corrected chi connectivity index (χ4v) is 2.60. The minimum absolute atomic E-state index is 0.223. The number of carbonyl (C=O) groups is 1. The molecular formula is C21H20FN3O2. The van der Waals surface area contributed by atoms with E-state index in [-0.39, 0.29) is 11.7 Å². The Morgan fingerprint density at radius 2 is 1.96 bits per heavy atom. The van der Waals surface area contributed by atoms with Crippen molar-refractivity contribution in [2.75, 3.05) is 24.3 Å². The van der Waals surface area contributed by atoms with Gasteiger partial charge in [-0.2, -0.15) is 0 Å². The third-order valence-electron chi connectivity index (χ3n) is 4.01. The first-order chi connectivity index (χ1) is 13.2. The molecule has 0 bridgehead atoms. The van der Waals surface area contributed by atoms with Crippen molar-refractivity contribution < 1.29 is 13.9 Å². The zero-order valence-electron chi connectivity index (χ0n) is 14.9. The lowest BCUT2D eigenvalue weighted by Crippen LogP contribution is -2.13. The van der Waals surface area contributed by atoms with Crippen molar-refractivity contribution in [1.82, 2.24) is 4.98 Å². The van der Waals surface area contributed by atoms with Crippen LogP contribution in [0.3, 0.4) is 0 Å². The third-order valence-corrected chi connectivity index (χ3v) is 4.01. The lowest BCUT2D eigenvalue weighted by atomic mass is 10.1. The predicted octanol–water partition coefficient (Wildman–Crippen LogP) is 4.14. The molecule has 3 aromatic rings. The average molecular weight is 365 g/mol. The van der Waals surface area contributed by atoms with Gasteiger partial charge >= 0.3 is 0 Å². The highest BCUT2D eigenvalue weighted by atomic mass is 19.1. The fraction of sp³-hybridized carbons (Fsp3) is 0.143. The first-order valence-corrected chi connectivity index (χ1v) is 8.54. The summed E-state index contributed by atoms with van der Waals surface area (Å²) in [5.41, 5.74) is 1.75. The van der Waals surface area contributed by atoms with Crippen LogP contribution in [0, 0.1) is 5.82 Å². The number of hydrogen-bond acceptors (Lipinski definition) is 4. The molecule has 1 amide bonds. The molecule has 138 valence electrons. The lowest BCUT2D eigenvalue weighted by Gasteiger charge is -2.09. The number of amides is 1. The summed E-state index contributed by atoms with van der Waals surface area (Å²) in [7, 11) is 1.57. The van der Waals surface area contributed by atoms with Gasteiger partial charge in [0, 0.05) is 30.1 Å². The van der Waals surface area contributed by atoms with Crippen LogP contribution in [0.5, 0.6) is 5.75 Å². The van der Waals surface area contributed by atoms with Crippen LogP contribution in [0.1, 0.15) is 15.9 Å². The molecule has 5 nitrogen and oxygen atoms in total. The van der Waals surface area contributed by atoms with E-state index in [2.05, 4.69) is 15.6 Å². The number of pyridine rings is 1. The maximum atomic E-state index is 13.6. The SMILES string of the molecule is COc1cccc(NC(=O)c2ccnc(NCCc3ccccc3F)c2)c1. The monoisotopic (exact) mass is 365 g/mol. The Kier molecular flexibility index (Phi) is 5.99. The van der Waals surface area contributed by atoms with E-state index in [0.29, 0.717) is 41.3 Å². The van der Waals surface area contributed by atoms with Crippen LogP contribution in [0.15, 0.2) is 66.9 Å². The highest BCUT2D eigenvalue weighted by Crippen LogP contribution is 2.18. The molecule has 0 aliphatic heterocycles. The Hall–Kier alpha value is -3.41. The molecule has 0 atom stereocenters. The van der Waals surface area contributed by atoms with Gasteiger partial charge in [-0.25, -0.2) is 9.37 Å². The molecule has 0 radical (unpaired) electrons. The molecule has 0 saturated heterocycles.